The van der Waals surface area contributed by atoms with E-state index in [4.69, 9.17) is 0 Å². The number of fused-ring (bicyclic) bond motifs is 9. The van der Waals surface area contributed by atoms with Gasteiger partial charge in [-0.15, -0.1) is 0 Å². The van der Waals surface area contributed by atoms with Crippen molar-refractivity contribution in [2.45, 2.75) is 17.2 Å². The van der Waals surface area contributed by atoms with Crippen molar-refractivity contribution in [1.82, 2.24) is 8.54 Å². The van der Waals surface area contributed by atoms with Gasteiger partial charge < -0.3 is 4.57 Å². The predicted octanol–water partition coefficient (Wildman–Crippen LogP) is 11.8. The Balaban J connectivity index is 1.26. The van der Waals surface area contributed by atoms with Crippen molar-refractivity contribution in [2.75, 3.05) is 0 Å². The second-order valence-electron chi connectivity index (χ2n) is 14.6. The normalized spacial score (nSPS) is 13.5. The molecule has 2 heterocycles. The van der Waals surface area contributed by atoms with Crippen LogP contribution in [-0.2, 0) is 15.4 Å². The fourth-order valence-electron chi connectivity index (χ4n) is 9.34. The molecule has 0 atom stereocenters. The molecule has 0 spiro atoms. The Kier molecular flexibility index (Phi) is 6.74. The molecule has 0 bridgehead atoms. The molecule has 5 heteroatoms. The molecule has 0 amide bonds. The van der Waals surface area contributed by atoms with Crippen LogP contribution in [0.1, 0.15) is 27.8 Å². The molecule has 0 saturated carbocycles. The number of hydrogen-bond acceptors (Lipinski definition) is 2. The smallest absolute Gasteiger partial charge is 0.268 e. The predicted molar refractivity (Wildman–Crippen MR) is 225 cm³/mol. The average Bonchev–Trinajstić information content (AvgIpc) is 3.85. The molecule has 4 nitrogen and oxygen atoms in total. The second kappa shape index (κ2) is 11.7. The SMILES string of the molecule is Cc1ccc(S(=O)(=O)n2c3ccc(-n4c5ccccc5c5ccccc54)cc3c3cc(C4(c5ccccc5)c5ccccc5-c5ccccc54)ccc32)cc1. The zero-order valence-corrected chi connectivity index (χ0v) is 30.8. The first-order chi connectivity index (χ1) is 27.0. The summed E-state index contributed by atoms with van der Waals surface area (Å²) in [6, 6.07) is 64.8. The number of aromatic nitrogens is 2. The van der Waals surface area contributed by atoms with E-state index in [0.717, 1.165) is 44.2 Å². The summed E-state index contributed by atoms with van der Waals surface area (Å²) < 4.78 is 33.5. The Morgan fingerprint density at radius 2 is 0.964 bits per heavy atom. The highest BCUT2D eigenvalue weighted by Crippen LogP contribution is 2.56. The van der Waals surface area contributed by atoms with E-state index in [2.05, 4.69) is 156 Å². The Bertz CT molecular complexity index is 3180. The van der Waals surface area contributed by atoms with Gasteiger partial charge in [0.1, 0.15) is 0 Å². The Morgan fingerprint density at radius 1 is 0.436 bits per heavy atom. The van der Waals surface area contributed by atoms with Crippen molar-refractivity contribution >= 4 is 53.6 Å². The number of rotatable bonds is 5. The van der Waals surface area contributed by atoms with E-state index >= 15 is 0 Å². The van der Waals surface area contributed by atoms with Gasteiger partial charge in [0.15, 0.2) is 0 Å². The fourth-order valence-corrected chi connectivity index (χ4v) is 10.9. The van der Waals surface area contributed by atoms with Crippen molar-refractivity contribution in [2.24, 2.45) is 0 Å². The molecule has 0 saturated heterocycles. The fraction of sp³-hybridized carbons (Fsp3) is 0.0400. The summed E-state index contributed by atoms with van der Waals surface area (Å²) in [6.07, 6.45) is 0. The topological polar surface area (TPSA) is 44.0 Å². The molecule has 0 N–H and O–H groups in total. The first-order valence-corrected chi connectivity index (χ1v) is 20.0. The molecular weight excluding hydrogens is 693 g/mol. The molecule has 55 heavy (non-hydrogen) atoms. The quantitative estimate of drug-likeness (QED) is 0.177. The van der Waals surface area contributed by atoms with Crippen LogP contribution in [0.2, 0.25) is 0 Å². The molecule has 0 aliphatic heterocycles. The van der Waals surface area contributed by atoms with Gasteiger partial charge in [-0.2, -0.15) is 0 Å². The van der Waals surface area contributed by atoms with Crippen LogP contribution in [-0.4, -0.2) is 17.0 Å². The maximum absolute atomic E-state index is 14.8. The van der Waals surface area contributed by atoms with Crippen LogP contribution in [0.25, 0.3) is 60.4 Å². The van der Waals surface area contributed by atoms with Crippen molar-refractivity contribution in [1.29, 1.82) is 0 Å². The minimum atomic E-state index is -3.99. The highest BCUT2D eigenvalue weighted by atomic mass is 32.2. The molecule has 262 valence electrons. The summed E-state index contributed by atoms with van der Waals surface area (Å²) in [6.45, 7) is 1.97. The van der Waals surface area contributed by atoms with Gasteiger partial charge in [-0.1, -0.05) is 139 Å². The van der Waals surface area contributed by atoms with Crippen LogP contribution in [0.3, 0.4) is 0 Å². The lowest BCUT2D eigenvalue weighted by molar-refractivity contribution is 0.590. The van der Waals surface area contributed by atoms with Gasteiger partial charge in [-0.05, 0) is 94.9 Å². The maximum Gasteiger partial charge on any atom is 0.268 e. The van der Waals surface area contributed by atoms with Gasteiger partial charge in [-0.3, -0.25) is 0 Å². The van der Waals surface area contributed by atoms with Gasteiger partial charge in [0, 0.05) is 27.2 Å². The van der Waals surface area contributed by atoms with Crippen molar-refractivity contribution in [3.05, 3.63) is 216 Å². The first kappa shape index (κ1) is 31.8. The molecule has 1 aliphatic carbocycles. The maximum atomic E-state index is 14.8. The highest BCUT2D eigenvalue weighted by molar-refractivity contribution is 7.90. The van der Waals surface area contributed by atoms with Crippen molar-refractivity contribution < 1.29 is 8.42 Å². The van der Waals surface area contributed by atoms with Crippen LogP contribution in [0.15, 0.2) is 193 Å². The number of nitrogens with zero attached hydrogens (tertiary/aromatic N) is 2. The highest BCUT2D eigenvalue weighted by Gasteiger charge is 2.46. The second-order valence-corrected chi connectivity index (χ2v) is 16.4. The van der Waals surface area contributed by atoms with Gasteiger partial charge in [0.05, 0.1) is 32.4 Å². The molecule has 2 aromatic heterocycles. The summed E-state index contributed by atoms with van der Waals surface area (Å²) in [7, 11) is -3.99. The van der Waals surface area contributed by atoms with Gasteiger partial charge in [0.2, 0.25) is 0 Å². The zero-order chi connectivity index (χ0) is 36.9. The van der Waals surface area contributed by atoms with Crippen molar-refractivity contribution in [3.8, 4) is 16.8 Å². The van der Waals surface area contributed by atoms with E-state index < -0.39 is 15.4 Å². The van der Waals surface area contributed by atoms with Crippen LogP contribution >= 0.6 is 0 Å². The minimum Gasteiger partial charge on any atom is -0.309 e. The van der Waals surface area contributed by atoms with Crippen molar-refractivity contribution in [3.63, 3.8) is 0 Å². The average molecular weight is 727 g/mol. The molecular formula is C50H34N2O2S. The molecule has 10 aromatic rings. The lowest BCUT2D eigenvalue weighted by Crippen LogP contribution is -2.28. The zero-order valence-electron chi connectivity index (χ0n) is 30.0. The summed E-state index contributed by atoms with van der Waals surface area (Å²) in [5.74, 6) is 0. The van der Waals surface area contributed by atoms with E-state index in [9.17, 15) is 8.42 Å². The molecule has 1 aliphatic rings. The van der Waals surface area contributed by atoms with Crippen LogP contribution in [0.4, 0.5) is 0 Å². The Hall–Kier alpha value is -6.69. The van der Waals surface area contributed by atoms with E-state index in [-0.39, 0.29) is 4.90 Å². The molecule has 0 radical (unpaired) electrons. The molecule has 8 aromatic carbocycles. The number of para-hydroxylation sites is 2. The third-order valence-corrected chi connectivity index (χ3v) is 13.4. The lowest BCUT2D eigenvalue weighted by Gasteiger charge is -2.34. The number of hydrogen-bond donors (Lipinski definition) is 0. The van der Waals surface area contributed by atoms with Gasteiger partial charge in [-0.25, -0.2) is 12.4 Å². The largest absolute Gasteiger partial charge is 0.309 e. The summed E-state index contributed by atoms with van der Waals surface area (Å²) in [5.41, 5.74) is 11.9. The lowest BCUT2D eigenvalue weighted by atomic mass is 9.67. The summed E-state index contributed by atoms with van der Waals surface area (Å²) in [5, 5.41) is 4.10. The number of aryl methyl sites for hydroxylation is 1. The third-order valence-electron chi connectivity index (χ3n) is 11.7. The number of benzene rings is 8. The molecule has 0 fully saturated rings. The monoisotopic (exact) mass is 726 g/mol. The van der Waals surface area contributed by atoms with Gasteiger partial charge in [0.25, 0.3) is 10.0 Å². The van der Waals surface area contributed by atoms with E-state index in [1.54, 1.807) is 16.1 Å². The minimum absolute atomic E-state index is 0.256. The Morgan fingerprint density at radius 3 is 1.60 bits per heavy atom. The van der Waals surface area contributed by atoms with E-state index in [0.29, 0.717) is 11.0 Å². The van der Waals surface area contributed by atoms with Crippen LogP contribution in [0, 0.1) is 6.92 Å². The molecule has 0 unspecified atom stereocenters. The molecule has 11 rings (SSSR count). The third kappa shape index (κ3) is 4.36. The van der Waals surface area contributed by atoms with Gasteiger partial charge >= 0.3 is 0 Å². The van der Waals surface area contributed by atoms with Crippen LogP contribution < -0.4 is 0 Å². The van der Waals surface area contributed by atoms with Crippen LogP contribution in [0.5, 0.6) is 0 Å². The van der Waals surface area contributed by atoms with E-state index in [1.165, 1.54) is 33.0 Å². The first-order valence-electron chi connectivity index (χ1n) is 18.6. The van der Waals surface area contributed by atoms with E-state index in [1.807, 2.05) is 31.2 Å². The summed E-state index contributed by atoms with van der Waals surface area (Å²) in [4.78, 5) is 0.256. The standard InChI is InChI=1S/C50H34N2O2S/c1-33-23-27-37(28-24-33)55(53,54)52-48-29-25-35(50(34-13-3-2-4-14-34)44-19-9-5-15-38(44)39-16-6-10-20-45(39)50)31-42(48)43-32-36(26-30-49(43)52)51-46-21-11-7-17-40(46)41-18-8-12-22-47(41)51/h2-32H,1H3. The summed E-state index contributed by atoms with van der Waals surface area (Å²) >= 11 is 0. The Labute approximate surface area is 319 Å².